The number of urea groups is 1. The second kappa shape index (κ2) is 10.7. The van der Waals surface area contributed by atoms with Crippen molar-refractivity contribution in [2.24, 2.45) is 0 Å². The number of nitrogens with zero attached hydrogens (tertiary/aromatic N) is 2. The van der Waals surface area contributed by atoms with E-state index in [1.807, 2.05) is 30.3 Å². The Morgan fingerprint density at radius 3 is 2.39 bits per heavy atom. The molecular weight excluding hydrogens is 482 g/mol. The van der Waals surface area contributed by atoms with Gasteiger partial charge in [0.25, 0.3) is 10.0 Å². The van der Waals surface area contributed by atoms with Gasteiger partial charge < -0.3 is 15.1 Å². The number of hydrogen-bond donors (Lipinski definition) is 4. The molecule has 1 heterocycles. The fourth-order valence-corrected chi connectivity index (χ4v) is 5.00. The zero-order valence-electron chi connectivity index (χ0n) is 19.3. The highest BCUT2D eigenvalue weighted by Gasteiger charge is 2.25. The monoisotopic (exact) mass is 507 g/mol. The molecule has 0 aliphatic carbocycles. The van der Waals surface area contributed by atoms with Crippen molar-refractivity contribution in [3.63, 3.8) is 0 Å². The molecule has 0 bridgehead atoms. The maximum absolute atomic E-state index is 12.9. The second-order valence-electron chi connectivity index (χ2n) is 8.09. The SMILES string of the molecule is Cc1ccccc1S(=O)(=O)NC(=O)N[C@@H](Cc1ccccc1)c1nccn1-c1ccc([NH+]([O-])O)cc1. The molecule has 186 valence electrons. The molecule has 0 spiro atoms. The van der Waals surface area contributed by atoms with E-state index in [1.54, 1.807) is 54.2 Å². The minimum Gasteiger partial charge on any atom is -0.595 e. The smallest absolute Gasteiger partial charge is 0.329 e. The fraction of sp³-hybridized carbons (Fsp3) is 0.120. The first-order chi connectivity index (χ1) is 17.2. The van der Waals surface area contributed by atoms with E-state index in [-0.39, 0.29) is 10.6 Å². The van der Waals surface area contributed by atoms with E-state index in [0.29, 0.717) is 23.5 Å². The number of sulfonamides is 1. The van der Waals surface area contributed by atoms with Gasteiger partial charge in [-0.25, -0.2) is 28.1 Å². The summed E-state index contributed by atoms with van der Waals surface area (Å²) < 4.78 is 29.5. The van der Waals surface area contributed by atoms with Crippen LogP contribution < -0.4 is 15.3 Å². The topological polar surface area (TPSA) is 141 Å². The lowest BCUT2D eigenvalue weighted by molar-refractivity contribution is -0.991. The van der Waals surface area contributed by atoms with Gasteiger partial charge >= 0.3 is 6.03 Å². The molecular formula is C25H25N5O5S. The molecule has 2 atom stereocenters. The maximum Gasteiger partial charge on any atom is 0.329 e. The van der Waals surface area contributed by atoms with Crippen molar-refractivity contribution in [2.45, 2.75) is 24.3 Å². The Kier molecular flexibility index (Phi) is 7.46. The zero-order chi connectivity index (χ0) is 25.7. The maximum atomic E-state index is 12.9. The quantitative estimate of drug-likeness (QED) is 0.270. The van der Waals surface area contributed by atoms with Gasteiger partial charge in [-0.2, -0.15) is 5.23 Å². The second-order valence-corrected chi connectivity index (χ2v) is 9.75. The molecule has 4 N–H and O–H groups in total. The van der Waals surface area contributed by atoms with Crippen LogP contribution in [0.15, 0.2) is 96.2 Å². The summed E-state index contributed by atoms with van der Waals surface area (Å²) >= 11 is 0. The molecule has 1 unspecified atom stereocenters. The highest BCUT2D eigenvalue weighted by Crippen LogP contribution is 2.22. The van der Waals surface area contributed by atoms with E-state index in [2.05, 4.69) is 15.0 Å². The number of carbonyl (C=O) groups excluding carboxylic acids is 1. The van der Waals surface area contributed by atoms with Crippen LogP contribution in [0.4, 0.5) is 10.5 Å². The van der Waals surface area contributed by atoms with E-state index in [4.69, 9.17) is 0 Å². The van der Waals surface area contributed by atoms with Gasteiger partial charge in [0, 0.05) is 30.2 Å². The highest BCUT2D eigenvalue weighted by molar-refractivity contribution is 7.90. The van der Waals surface area contributed by atoms with E-state index in [1.165, 1.54) is 18.2 Å². The minimum absolute atomic E-state index is 0.0137. The average molecular weight is 508 g/mol. The van der Waals surface area contributed by atoms with Crippen molar-refractivity contribution in [1.82, 2.24) is 19.6 Å². The number of amides is 2. The minimum atomic E-state index is -4.10. The Morgan fingerprint density at radius 1 is 1.06 bits per heavy atom. The van der Waals surface area contributed by atoms with E-state index in [0.717, 1.165) is 5.56 Å². The van der Waals surface area contributed by atoms with Gasteiger partial charge in [0.05, 0.1) is 10.9 Å². The van der Waals surface area contributed by atoms with Gasteiger partial charge in [0.1, 0.15) is 5.82 Å². The van der Waals surface area contributed by atoms with Crippen molar-refractivity contribution in [2.75, 3.05) is 0 Å². The molecule has 0 saturated carbocycles. The summed E-state index contributed by atoms with van der Waals surface area (Å²) in [6.45, 7) is 1.65. The van der Waals surface area contributed by atoms with E-state index >= 15 is 0 Å². The van der Waals surface area contributed by atoms with Crippen LogP contribution in [-0.2, 0) is 16.4 Å². The van der Waals surface area contributed by atoms with Crippen LogP contribution in [0.1, 0.15) is 23.0 Å². The van der Waals surface area contributed by atoms with Crippen LogP contribution in [0.25, 0.3) is 5.69 Å². The Balaban J connectivity index is 1.63. The Morgan fingerprint density at radius 2 is 1.72 bits per heavy atom. The number of rotatable bonds is 8. The number of aryl methyl sites for hydroxylation is 1. The van der Waals surface area contributed by atoms with E-state index < -0.39 is 27.3 Å². The first-order valence-electron chi connectivity index (χ1n) is 11.0. The Hall–Kier alpha value is -4.03. The molecule has 3 aromatic carbocycles. The number of nitrogens with one attached hydrogen (secondary N) is 3. The molecule has 10 nitrogen and oxygen atoms in total. The molecule has 0 radical (unpaired) electrons. The largest absolute Gasteiger partial charge is 0.595 e. The fourth-order valence-electron chi connectivity index (χ4n) is 3.84. The molecule has 2 amide bonds. The lowest BCUT2D eigenvalue weighted by atomic mass is 10.1. The standard InChI is InChI=1S/C25H25N5O5S/c1-18-7-5-6-10-23(18)36(34,35)28-25(31)27-22(17-19-8-3-2-4-9-19)24-26-15-16-29(24)20-11-13-21(14-12-20)30(32)33/h2-16,22,30,32H,17H2,1H3,(H2,27,28,31)/t22-/m0/s1. The lowest BCUT2D eigenvalue weighted by Crippen LogP contribution is -2.99. The molecule has 0 saturated heterocycles. The number of carbonyl (C=O) groups is 1. The Labute approximate surface area is 208 Å². The molecule has 1 aromatic heterocycles. The van der Waals surface area contributed by atoms with Crippen molar-refractivity contribution in [3.05, 3.63) is 113 Å². The molecule has 4 aromatic rings. The number of hydrogen-bond acceptors (Lipinski definition) is 6. The number of aromatic nitrogens is 2. The number of benzene rings is 3. The van der Waals surface area contributed by atoms with Crippen LogP contribution in [-0.4, -0.2) is 29.2 Å². The van der Waals surface area contributed by atoms with Crippen LogP contribution in [0.5, 0.6) is 0 Å². The van der Waals surface area contributed by atoms with Crippen LogP contribution >= 0.6 is 0 Å². The van der Waals surface area contributed by atoms with Gasteiger partial charge in [-0.05, 0) is 42.7 Å². The van der Waals surface area contributed by atoms with Gasteiger partial charge in [-0.15, -0.1) is 0 Å². The molecule has 0 aliphatic rings. The van der Waals surface area contributed by atoms with Crippen LogP contribution in [0.2, 0.25) is 0 Å². The lowest BCUT2D eigenvalue weighted by Gasteiger charge is -2.21. The summed E-state index contributed by atoms with van der Waals surface area (Å²) in [5.41, 5.74) is 2.19. The first-order valence-corrected chi connectivity index (χ1v) is 12.5. The predicted octanol–water partition coefficient (Wildman–Crippen LogP) is 2.56. The zero-order valence-corrected chi connectivity index (χ0v) is 20.1. The van der Waals surface area contributed by atoms with Crippen molar-refractivity contribution < 1.29 is 23.6 Å². The number of imidazole rings is 1. The molecule has 36 heavy (non-hydrogen) atoms. The highest BCUT2D eigenvalue weighted by atomic mass is 32.2. The third kappa shape index (κ3) is 5.78. The first kappa shape index (κ1) is 25.1. The van der Waals surface area contributed by atoms with E-state index in [9.17, 15) is 23.6 Å². The van der Waals surface area contributed by atoms with Gasteiger partial charge in [0.15, 0.2) is 5.69 Å². The van der Waals surface area contributed by atoms with Crippen molar-refractivity contribution in [3.8, 4) is 5.69 Å². The normalized spacial score (nSPS) is 13.1. The third-order valence-electron chi connectivity index (χ3n) is 5.57. The summed E-state index contributed by atoms with van der Waals surface area (Å²) in [5, 5.41) is 22.1. The van der Waals surface area contributed by atoms with Gasteiger partial charge in [0.2, 0.25) is 0 Å². The summed E-state index contributed by atoms with van der Waals surface area (Å²) in [6.07, 6.45) is 3.58. The van der Waals surface area contributed by atoms with Gasteiger partial charge in [-0.3, -0.25) is 0 Å². The predicted molar refractivity (Wildman–Crippen MR) is 132 cm³/mol. The van der Waals surface area contributed by atoms with Gasteiger partial charge in [-0.1, -0.05) is 48.5 Å². The average Bonchev–Trinajstić information content (AvgIpc) is 3.34. The molecule has 0 fully saturated rings. The summed E-state index contributed by atoms with van der Waals surface area (Å²) in [7, 11) is -4.10. The summed E-state index contributed by atoms with van der Waals surface area (Å²) in [5.74, 6) is 0.449. The molecule has 4 rings (SSSR count). The van der Waals surface area contributed by atoms with Crippen molar-refractivity contribution >= 4 is 21.7 Å². The Bertz CT molecular complexity index is 1440. The summed E-state index contributed by atoms with van der Waals surface area (Å²) in [6, 6.07) is 20.4. The number of quaternary nitrogens is 1. The van der Waals surface area contributed by atoms with Crippen molar-refractivity contribution in [1.29, 1.82) is 0 Å². The van der Waals surface area contributed by atoms with Crippen LogP contribution in [0, 0.1) is 12.1 Å². The van der Waals surface area contributed by atoms with Crippen LogP contribution in [0.3, 0.4) is 0 Å². The summed E-state index contributed by atoms with van der Waals surface area (Å²) in [4.78, 5) is 17.3. The molecule has 0 aliphatic heterocycles. The molecule has 11 heteroatoms. The third-order valence-corrected chi connectivity index (χ3v) is 7.06.